The van der Waals surface area contributed by atoms with Crippen molar-refractivity contribution in [2.75, 3.05) is 13.1 Å². The van der Waals surface area contributed by atoms with E-state index in [-0.39, 0.29) is 36.6 Å². The lowest BCUT2D eigenvalue weighted by atomic mass is 9.85. The number of carbonyl (C=O) groups is 4. The molecule has 4 N–H and O–H groups in total. The predicted molar refractivity (Wildman–Crippen MR) is 130 cm³/mol. The van der Waals surface area contributed by atoms with Crippen LogP contribution in [0, 0.1) is 34.0 Å². The van der Waals surface area contributed by atoms with Gasteiger partial charge in [-0.1, -0.05) is 61.3 Å². The second kappa shape index (κ2) is 12.7. The standard InChI is InChI=1S/C20H31N5O4.C5H12/c1-20(2,3)19(29)25-15-7-5-4-6-12-10-22-17(27)14(12)8-13(9-21)24-16(26)11-23-18(15)28;1-5(2,3)4/h12-15H,4-8,10-11H2,1-3H3,(H,22,27)(H,23,28)(H,24,26)(H,25,29);1-4H3. The molecular formula is C25H43N5O4. The van der Waals surface area contributed by atoms with Crippen LogP contribution in [-0.4, -0.2) is 48.8 Å². The average Bonchev–Trinajstić information content (AvgIpc) is 3.04. The van der Waals surface area contributed by atoms with Crippen molar-refractivity contribution in [2.24, 2.45) is 22.7 Å². The van der Waals surface area contributed by atoms with Crippen molar-refractivity contribution in [1.29, 1.82) is 5.26 Å². The number of rotatable bonds is 1. The zero-order chi connectivity index (χ0) is 26.1. The number of nitriles is 1. The van der Waals surface area contributed by atoms with E-state index in [0.717, 1.165) is 12.8 Å². The van der Waals surface area contributed by atoms with Crippen LogP contribution in [0.2, 0.25) is 0 Å². The summed E-state index contributed by atoms with van der Waals surface area (Å²) in [4.78, 5) is 49.2. The van der Waals surface area contributed by atoms with Crippen LogP contribution < -0.4 is 21.3 Å². The average molecular weight is 478 g/mol. The lowest BCUT2D eigenvalue weighted by molar-refractivity contribution is -0.134. The van der Waals surface area contributed by atoms with Crippen molar-refractivity contribution in [2.45, 2.75) is 92.7 Å². The van der Waals surface area contributed by atoms with Gasteiger partial charge in [-0.3, -0.25) is 19.2 Å². The molecule has 192 valence electrons. The number of hydrogen-bond donors (Lipinski definition) is 4. The van der Waals surface area contributed by atoms with E-state index in [1.165, 1.54) is 0 Å². The number of fused-ring (bicyclic) bond motifs is 1. The van der Waals surface area contributed by atoms with E-state index in [4.69, 9.17) is 0 Å². The van der Waals surface area contributed by atoms with Gasteiger partial charge in [0.1, 0.15) is 12.1 Å². The third-order valence-corrected chi connectivity index (χ3v) is 5.47. The first kappa shape index (κ1) is 29.4. The molecule has 9 heteroatoms. The minimum absolute atomic E-state index is 0.0831. The first-order valence-corrected chi connectivity index (χ1v) is 12.2. The number of amides is 4. The summed E-state index contributed by atoms with van der Waals surface area (Å²) >= 11 is 0. The molecule has 0 aromatic rings. The summed E-state index contributed by atoms with van der Waals surface area (Å²) in [6, 6.07) is 0.499. The summed E-state index contributed by atoms with van der Waals surface area (Å²) in [6.07, 6.45) is 2.99. The Hall–Kier alpha value is -2.63. The van der Waals surface area contributed by atoms with Gasteiger partial charge in [0, 0.05) is 17.9 Å². The van der Waals surface area contributed by atoms with Gasteiger partial charge in [0.25, 0.3) is 0 Å². The largest absolute Gasteiger partial charge is 0.356 e. The van der Waals surface area contributed by atoms with Crippen molar-refractivity contribution < 1.29 is 19.2 Å². The van der Waals surface area contributed by atoms with Gasteiger partial charge in [-0.25, -0.2) is 0 Å². The molecule has 0 aliphatic carbocycles. The summed E-state index contributed by atoms with van der Waals surface area (Å²) in [6.45, 7) is 14.3. The quantitative estimate of drug-likeness (QED) is 0.457. The fraction of sp³-hybridized carbons (Fsp3) is 0.800. The summed E-state index contributed by atoms with van der Waals surface area (Å²) < 4.78 is 0. The molecule has 2 fully saturated rings. The summed E-state index contributed by atoms with van der Waals surface area (Å²) in [5, 5.41) is 20.1. The summed E-state index contributed by atoms with van der Waals surface area (Å²) in [5.41, 5.74) is -0.139. The van der Waals surface area contributed by atoms with E-state index in [1.54, 1.807) is 20.8 Å². The van der Waals surface area contributed by atoms with Crippen LogP contribution in [0.5, 0.6) is 0 Å². The maximum atomic E-state index is 12.5. The summed E-state index contributed by atoms with van der Waals surface area (Å²) in [7, 11) is 0. The molecule has 4 atom stereocenters. The zero-order valence-electron chi connectivity index (χ0n) is 21.8. The summed E-state index contributed by atoms with van der Waals surface area (Å²) in [5.74, 6) is -1.46. The number of nitrogens with one attached hydrogen (secondary N) is 4. The van der Waals surface area contributed by atoms with E-state index in [9.17, 15) is 24.4 Å². The Morgan fingerprint density at radius 1 is 0.971 bits per heavy atom. The lowest BCUT2D eigenvalue weighted by Crippen LogP contribution is -2.52. The molecule has 0 bridgehead atoms. The molecule has 2 saturated heterocycles. The van der Waals surface area contributed by atoms with Gasteiger partial charge in [0.2, 0.25) is 23.6 Å². The highest BCUT2D eigenvalue weighted by atomic mass is 16.2. The van der Waals surface area contributed by atoms with Crippen molar-refractivity contribution in [3.05, 3.63) is 0 Å². The molecule has 2 aliphatic heterocycles. The normalized spacial score (nSPS) is 26.8. The van der Waals surface area contributed by atoms with Gasteiger partial charge in [-0.2, -0.15) is 5.26 Å². The Kier molecular flexibility index (Phi) is 11.0. The Morgan fingerprint density at radius 2 is 1.56 bits per heavy atom. The van der Waals surface area contributed by atoms with Crippen molar-refractivity contribution in [3.8, 4) is 6.07 Å². The zero-order valence-corrected chi connectivity index (χ0v) is 21.8. The molecule has 4 unspecified atom stereocenters. The Balaban J connectivity index is 0.00000104. The van der Waals surface area contributed by atoms with Gasteiger partial charge in [-0.15, -0.1) is 0 Å². The molecule has 0 spiro atoms. The van der Waals surface area contributed by atoms with Crippen LogP contribution >= 0.6 is 0 Å². The van der Waals surface area contributed by atoms with Crippen LogP contribution in [0.25, 0.3) is 0 Å². The maximum absolute atomic E-state index is 12.5. The third kappa shape index (κ3) is 11.0. The molecule has 2 heterocycles. The highest BCUT2D eigenvalue weighted by Crippen LogP contribution is 2.28. The SMILES string of the molecule is CC(C)(C)C.CC(C)(C)C(=O)NC1CCCCC2CNC(=O)C2CC(C#N)NC(=O)CNC1=O. The number of hydrogen-bond acceptors (Lipinski definition) is 5. The minimum Gasteiger partial charge on any atom is -0.356 e. The van der Waals surface area contributed by atoms with E-state index >= 15 is 0 Å². The van der Waals surface area contributed by atoms with E-state index in [0.29, 0.717) is 24.8 Å². The third-order valence-electron chi connectivity index (χ3n) is 5.47. The topological polar surface area (TPSA) is 140 Å². The van der Waals surface area contributed by atoms with Gasteiger partial charge >= 0.3 is 0 Å². The van der Waals surface area contributed by atoms with Crippen molar-refractivity contribution in [1.82, 2.24) is 21.3 Å². The smallest absolute Gasteiger partial charge is 0.243 e. The molecule has 2 rings (SSSR count). The first-order valence-electron chi connectivity index (χ1n) is 12.2. The Bertz CT molecular complexity index is 770. The van der Waals surface area contributed by atoms with Crippen LogP contribution in [-0.2, 0) is 19.2 Å². The number of nitrogens with zero attached hydrogens (tertiary/aromatic N) is 1. The second-order valence-electron chi connectivity index (χ2n) is 11.9. The highest BCUT2D eigenvalue weighted by Gasteiger charge is 2.36. The van der Waals surface area contributed by atoms with Crippen LogP contribution in [0.1, 0.15) is 80.6 Å². The molecule has 0 saturated carbocycles. The fourth-order valence-corrected chi connectivity index (χ4v) is 3.65. The maximum Gasteiger partial charge on any atom is 0.243 e. The molecule has 0 aromatic carbocycles. The molecule has 0 radical (unpaired) electrons. The highest BCUT2D eigenvalue weighted by molar-refractivity contribution is 5.91. The van der Waals surface area contributed by atoms with Gasteiger partial charge in [-0.05, 0) is 30.6 Å². The molecule has 34 heavy (non-hydrogen) atoms. The molecular weight excluding hydrogens is 434 g/mol. The minimum atomic E-state index is -0.796. The fourth-order valence-electron chi connectivity index (χ4n) is 3.65. The van der Waals surface area contributed by atoms with Gasteiger partial charge < -0.3 is 21.3 Å². The van der Waals surface area contributed by atoms with Crippen LogP contribution in [0.3, 0.4) is 0 Å². The predicted octanol–water partition coefficient (Wildman–Crippen LogP) is 2.02. The number of carbonyl (C=O) groups excluding carboxylic acids is 4. The Labute approximate surface area is 204 Å². The Morgan fingerprint density at radius 3 is 2.12 bits per heavy atom. The van der Waals surface area contributed by atoms with E-state index in [1.807, 2.05) is 6.07 Å². The second-order valence-corrected chi connectivity index (χ2v) is 11.9. The monoisotopic (exact) mass is 477 g/mol. The molecule has 4 amide bonds. The van der Waals surface area contributed by atoms with Crippen LogP contribution in [0.15, 0.2) is 0 Å². The van der Waals surface area contributed by atoms with Gasteiger partial charge in [0.05, 0.1) is 12.6 Å². The lowest BCUT2D eigenvalue weighted by Gasteiger charge is -2.25. The van der Waals surface area contributed by atoms with Crippen molar-refractivity contribution in [3.63, 3.8) is 0 Å². The molecule has 9 nitrogen and oxygen atoms in total. The van der Waals surface area contributed by atoms with Gasteiger partial charge in [0.15, 0.2) is 0 Å². The first-order chi connectivity index (χ1) is 15.6. The van der Waals surface area contributed by atoms with Crippen molar-refractivity contribution >= 4 is 23.6 Å². The van der Waals surface area contributed by atoms with E-state index < -0.39 is 29.3 Å². The van der Waals surface area contributed by atoms with E-state index in [2.05, 4.69) is 49.0 Å². The molecule has 2 aliphatic rings. The van der Waals surface area contributed by atoms with Crippen LogP contribution in [0.4, 0.5) is 0 Å². The molecule has 0 aromatic heterocycles.